The average Bonchev–Trinajstić information content (AvgIpc) is 3.20. The fourth-order valence-corrected chi connectivity index (χ4v) is 7.99. The minimum absolute atomic E-state index is 0.376. The quantitative estimate of drug-likeness (QED) is 0.605. The second kappa shape index (κ2) is 5.58. The number of fused-ring (bicyclic) bond motifs is 5. The average molecular weight is 331 g/mol. The monoisotopic (exact) mass is 330 g/mol. The number of rotatable bonds is 1. The van der Waals surface area contributed by atoms with Crippen molar-refractivity contribution in [3.8, 4) is 0 Å². The van der Waals surface area contributed by atoms with Gasteiger partial charge in [-0.25, -0.2) is 0 Å². The fourth-order valence-electron chi connectivity index (χ4n) is 7.99. The molecule has 0 spiro atoms. The molecular weight excluding hydrogens is 296 g/mol. The van der Waals surface area contributed by atoms with Crippen LogP contribution in [-0.4, -0.2) is 19.5 Å². The third kappa shape index (κ3) is 2.08. The number of ether oxygens (including phenoxy) is 2. The first kappa shape index (κ1) is 15.9. The lowest BCUT2D eigenvalue weighted by Crippen LogP contribution is -2.51. The van der Waals surface area contributed by atoms with Crippen molar-refractivity contribution < 1.29 is 9.47 Å². The SMILES string of the molecule is C[C@]12CC[C@H]3[C@@H](CCC4=CCCC[C@@]43C)[C@@H]1CC[C@@H]2C1COCO1. The second-order valence-corrected chi connectivity index (χ2v) is 9.88. The van der Waals surface area contributed by atoms with Crippen LogP contribution >= 0.6 is 0 Å². The highest BCUT2D eigenvalue weighted by molar-refractivity contribution is 5.23. The number of hydrogen-bond donors (Lipinski definition) is 0. The first-order valence-electron chi connectivity index (χ1n) is 10.5. The molecule has 4 aliphatic carbocycles. The van der Waals surface area contributed by atoms with Gasteiger partial charge in [-0.3, -0.25) is 0 Å². The van der Waals surface area contributed by atoms with Crippen LogP contribution in [0.3, 0.4) is 0 Å². The lowest BCUT2D eigenvalue weighted by Gasteiger charge is -2.58. The molecule has 0 radical (unpaired) electrons. The van der Waals surface area contributed by atoms with E-state index < -0.39 is 0 Å². The summed E-state index contributed by atoms with van der Waals surface area (Å²) in [5, 5.41) is 0. The molecule has 5 aliphatic rings. The Bertz CT molecular complexity index is 534. The summed E-state index contributed by atoms with van der Waals surface area (Å²) in [6.07, 6.45) is 15.7. The van der Waals surface area contributed by atoms with Gasteiger partial charge in [0.1, 0.15) is 6.79 Å². The highest BCUT2D eigenvalue weighted by atomic mass is 16.7. The lowest BCUT2D eigenvalue weighted by atomic mass is 9.46. The predicted molar refractivity (Wildman–Crippen MR) is 95.5 cm³/mol. The van der Waals surface area contributed by atoms with Crippen LogP contribution in [0.2, 0.25) is 0 Å². The zero-order valence-electron chi connectivity index (χ0n) is 15.6. The standard InChI is InChI=1S/C22H34O2/c1-21-11-4-3-5-15(21)6-7-16-17-8-9-19(20-13-23-14-24-20)22(17,2)12-10-18(16)21/h5,16-20H,3-4,6-14H2,1-2H3/t16-,17-,18-,19+,20?,21-,22-/m0/s1. The molecule has 4 fully saturated rings. The molecule has 0 amide bonds. The van der Waals surface area contributed by atoms with Crippen molar-refractivity contribution in [2.24, 2.45) is 34.5 Å². The van der Waals surface area contributed by atoms with Gasteiger partial charge in [-0.1, -0.05) is 25.5 Å². The zero-order valence-corrected chi connectivity index (χ0v) is 15.6. The van der Waals surface area contributed by atoms with Crippen LogP contribution in [0.25, 0.3) is 0 Å². The van der Waals surface area contributed by atoms with Crippen molar-refractivity contribution in [3.05, 3.63) is 11.6 Å². The first-order chi connectivity index (χ1) is 11.6. The Morgan fingerprint density at radius 1 is 1.00 bits per heavy atom. The van der Waals surface area contributed by atoms with E-state index in [1.807, 2.05) is 5.57 Å². The Kier molecular flexibility index (Phi) is 3.69. The summed E-state index contributed by atoms with van der Waals surface area (Å²) in [7, 11) is 0. The largest absolute Gasteiger partial charge is 0.353 e. The molecule has 2 heteroatoms. The Morgan fingerprint density at radius 3 is 2.71 bits per heavy atom. The van der Waals surface area contributed by atoms with Crippen molar-refractivity contribution in [1.82, 2.24) is 0 Å². The normalized spacial score (nSPS) is 53.9. The maximum Gasteiger partial charge on any atom is 0.147 e. The number of hydrogen-bond acceptors (Lipinski definition) is 2. The van der Waals surface area contributed by atoms with Crippen LogP contribution in [0, 0.1) is 34.5 Å². The molecule has 0 bridgehead atoms. The molecule has 0 aromatic rings. The summed E-state index contributed by atoms with van der Waals surface area (Å²) >= 11 is 0. The van der Waals surface area contributed by atoms with Gasteiger partial charge in [-0.05, 0) is 92.3 Å². The predicted octanol–water partition coefficient (Wildman–Crippen LogP) is 5.33. The van der Waals surface area contributed by atoms with Crippen LogP contribution < -0.4 is 0 Å². The molecule has 0 aromatic carbocycles. The van der Waals surface area contributed by atoms with Gasteiger partial charge in [0.15, 0.2) is 0 Å². The van der Waals surface area contributed by atoms with Gasteiger partial charge in [-0.15, -0.1) is 0 Å². The van der Waals surface area contributed by atoms with E-state index in [1.165, 1.54) is 57.8 Å². The summed E-state index contributed by atoms with van der Waals surface area (Å²) in [5.74, 6) is 3.60. The molecule has 2 nitrogen and oxygen atoms in total. The van der Waals surface area contributed by atoms with E-state index in [1.54, 1.807) is 0 Å². The minimum atomic E-state index is 0.376. The Balaban J connectivity index is 1.43. The van der Waals surface area contributed by atoms with E-state index >= 15 is 0 Å². The molecule has 1 aliphatic heterocycles. The van der Waals surface area contributed by atoms with Crippen LogP contribution in [0.1, 0.15) is 71.6 Å². The summed E-state index contributed by atoms with van der Waals surface area (Å²) in [4.78, 5) is 0. The molecular formula is C22H34O2. The molecule has 3 saturated carbocycles. The van der Waals surface area contributed by atoms with Gasteiger partial charge >= 0.3 is 0 Å². The first-order valence-corrected chi connectivity index (χ1v) is 10.5. The van der Waals surface area contributed by atoms with Crippen LogP contribution in [0.15, 0.2) is 11.6 Å². The van der Waals surface area contributed by atoms with Crippen molar-refractivity contribution >= 4 is 0 Å². The van der Waals surface area contributed by atoms with E-state index in [0.29, 0.717) is 23.7 Å². The molecule has 24 heavy (non-hydrogen) atoms. The van der Waals surface area contributed by atoms with E-state index in [0.717, 1.165) is 30.3 Å². The summed E-state index contributed by atoms with van der Waals surface area (Å²) in [5.41, 5.74) is 2.87. The number of allylic oxidation sites excluding steroid dienone is 2. The van der Waals surface area contributed by atoms with Crippen LogP contribution in [0.5, 0.6) is 0 Å². The van der Waals surface area contributed by atoms with Crippen molar-refractivity contribution in [1.29, 1.82) is 0 Å². The van der Waals surface area contributed by atoms with Gasteiger partial charge in [0.05, 0.1) is 12.7 Å². The fraction of sp³-hybridized carbons (Fsp3) is 0.909. The topological polar surface area (TPSA) is 18.5 Å². The van der Waals surface area contributed by atoms with Crippen LogP contribution in [-0.2, 0) is 9.47 Å². The highest BCUT2D eigenvalue weighted by Crippen LogP contribution is 2.67. The Morgan fingerprint density at radius 2 is 1.88 bits per heavy atom. The zero-order chi connectivity index (χ0) is 16.4. The molecule has 0 aromatic heterocycles. The second-order valence-electron chi connectivity index (χ2n) is 9.88. The summed E-state index contributed by atoms with van der Waals surface area (Å²) in [6.45, 7) is 6.60. The van der Waals surface area contributed by atoms with Crippen molar-refractivity contribution in [2.45, 2.75) is 77.7 Å². The molecule has 134 valence electrons. The molecule has 1 saturated heterocycles. The van der Waals surface area contributed by atoms with Gasteiger partial charge in [0, 0.05) is 0 Å². The summed E-state index contributed by atoms with van der Waals surface area (Å²) in [6, 6.07) is 0. The van der Waals surface area contributed by atoms with Gasteiger partial charge in [-0.2, -0.15) is 0 Å². The van der Waals surface area contributed by atoms with Gasteiger partial charge in [0.25, 0.3) is 0 Å². The minimum Gasteiger partial charge on any atom is -0.353 e. The van der Waals surface area contributed by atoms with Gasteiger partial charge in [0.2, 0.25) is 0 Å². The van der Waals surface area contributed by atoms with Gasteiger partial charge < -0.3 is 9.47 Å². The van der Waals surface area contributed by atoms with E-state index in [2.05, 4.69) is 19.9 Å². The smallest absolute Gasteiger partial charge is 0.147 e. The van der Waals surface area contributed by atoms with E-state index in [-0.39, 0.29) is 0 Å². The molecule has 1 heterocycles. The molecule has 1 unspecified atom stereocenters. The summed E-state index contributed by atoms with van der Waals surface area (Å²) < 4.78 is 11.5. The van der Waals surface area contributed by atoms with Crippen LogP contribution in [0.4, 0.5) is 0 Å². The van der Waals surface area contributed by atoms with Crippen molar-refractivity contribution in [3.63, 3.8) is 0 Å². The molecule has 7 atom stereocenters. The Labute approximate surface area is 147 Å². The molecule has 5 rings (SSSR count). The van der Waals surface area contributed by atoms with E-state index in [4.69, 9.17) is 9.47 Å². The maximum atomic E-state index is 5.96. The molecule has 0 N–H and O–H groups in total. The third-order valence-corrected chi connectivity index (χ3v) is 9.20. The van der Waals surface area contributed by atoms with Crippen molar-refractivity contribution in [2.75, 3.05) is 13.4 Å². The third-order valence-electron chi connectivity index (χ3n) is 9.20. The maximum absolute atomic E-state index is 5.96. The Hall–Kier alpha value is -0.340. The lowest BCUT2D eigenvalue weighted by molar-refractivity contribution is -0.0755. The highest BCUT2D eigenvalue weighted by Gasteiger charge is 2.60. The van der Waals surface area contributed by atoms with E-state index in [9.17, 15) is 0 Å².